The molecule has 0 aliphatic carbocycles. The molecule has 1 amide bonds. The molecule has 1 atom stereocenters. The van der Waals surface area contributed by atoms with Crippen molar-refractivity contribution in [3.8, 4) is 17.0 Å². The minimum absolute atomic E-state index is 0.0389. The largest absolute Gasteiger partial charge is 0.490 e. The Balaban J connectivity index is 1.47. The maximum atomic E-state index is 15.5. The predicted molar refractivity (Wildman–Crippen MR) is 134 cm³/mol. The first-order chi connectivity index (χ1) is 17.9. The minimum atomic E-state index is -1.42. The van der Waals surface area contributed by atoms with Gasteiger partial charge in [-0.1, -0.05) is 0 Å². The highest BCUT2D eigenvalue weighted by molar-refractivity contribution is 5.98. The number of aryl methyl sites for hydroxylation is 1. The standard InChI is InChI=1S/C27H31FN4O5/c1-17(33)30-24-11-19-20(14-32(2)22(19)13-29-24)21-12-23(36-15-26(28)4-8-34-9-5-26)18-3-7-37-27(25(18)31-21)6-10-35-16-27/h11-14H,3-10,15-16H2,1-2H3,(H,29,30,33). The van der Waals surface area contributed by atoms with Gasteiger partial charge in [-0.3, -0.25) is 4.79 Å². The number of carbonyl (C=O) groups excluding carboxylic acids is 1. The summed E-state index contributed by atoms with van der Waals surface area (Å²) in [5.74, 6) is 0.900. The van der Waals surface area contributed by atoms with Crippen LogP contribution in [0.3, 0.4) is 0 Å². The molecular weight excluding hydrogens is 479 g/mol. The second-order valence-electron chi connectivity index (χ2n) is 10.2. The number of nitrogens with zero attached hydrogens (tertiary/aromatic N) is 3. The van der Waals surface area contributed by atoms with Crippen LogP contribution in [0.2, 0.25) is 0 Å². The van der Waals surface area contributed by atoms with Gasteiger partial charge >= 0.3 is 0 Å². The van der Waals surface area contributed by atoms with E-state index in [1.54, 1.807) is 6.20 Å². The van der Waals surface area contributed by atoms with Gasteiger partial charge < -0.3 is 28.8 Å². The summed E-state index contributed by atoms with van der Waals surface area (Å²) in [7, 11) is 1.94. The van der Waals surface area contributed by atoms with Gasteiger partial charge in [0, 0.05) is 88.3 Å². The molecule has 2 saturated heterocycles. The fourth-order valence-corrected chi connectivity index (χ4v) is 5.52. The van der Waals surface area contributed by atoms with E-state index in [1.165, 1.54) is 6.92 Å². The Morgan fingerprint density at radius 3 is 2.76 bits per heavy atom. The number of rotatable bonds is 5. The third-order valence-electron chi connectivity index (χ3n) is 7.56. The summed E-state index contributed by atoms with van der Waals surface area (Å²) in [5, 5.41) is 3.64. The van der Waals surface area contributed by atoms with E-state index in [1.807, 2.05) is 29.9 Å². The Kier molecular flexibility index (Phi) is 6.13. The number of halogens is 1. The van der Waals surface area contributed by atoms with Crippen LogP contribution in [0.25, 0.3) is 22.2 Å². The van der Waals surface area contributed by atoms with Gasteiger partial charge in [0.25, 0.3) is 0 Å². The van der Waals surface area contributed by atoms with Crippen molar-refractivity contribution in [3.05, 3.63) is 35.8 Å². The number of ether oxygens (including phenoxy) is 4. The molecule has 1 N–H and O–H groups in total. The Bertz CT molecular complexity index is 1340. The molecule has 3 aliphatic rings. The summed E-state index contributed by atoms with van der Waals surface area (Å²) in [6, 6.07) is 3.75. The molecule has 0 aromatic carbocycles. The van der Waals surface area contributed by atoms with Gasteiger partial charge in [-0.15, -0.1) is 0 Å². The van der Waals surface area contributed by atoms with Crippen LogP contribution in [0, 0.1) is 0 Å². The van der Waals surface area contributed by atoms with Crippen LogP contribution in [0.4, 0.5) is 10.2 Å². The van der Waals surface area contributed by atoms with E-state index in [-0.39, 0.29) is 12.5 Å². The zero-order chi connectivity index (χ0) is 25.6. The summed E-state index contributed by atoms with van der Waals surface area (Å²) in [6.45, 7) is 3.75. The third kappa shape index (κ3) is 4.47. The van der Waals surface area contributed by atoms with Crippen molar-refractivity contribution < 1.29 is 28.1 Å². The van der Waals surface area contributed by atoms with Crippen molar-refractivity contribution in [1.82, 2.24) is 14.5 Å². The number of hydrogen-bond acceptors (Lipinski definition) is 7. The molecule has 196 valence electrons. The summed E-state index contributed by atoms with van der Waals surface area (Å²) in [5.41, 5.74) is 2.14. The van der Waals surface area contributed by atoms with Crippen molar-refractivity contribution in [3.63, 3.8) is 0 Å². The topological polar surface area (TPSA) is 96.7 Å². The number of aromatic nitrogens is 3. The average molecular weight is 511 g/mol. The van der Waals surface area contributed by atoms with Crippen molar-refractivity contribution in [2.75, 3.05) is 45.0 Å². The van der Waals surface area contributed by atoms with Crippen LogP contribution in [0.15, 0.2) is 24.5 Å². The van der Waals surface area contributed by atoms with Crippen molar-refractivity contribution >= 4 is 22.6 Å². The van der Waals surface area contributed by atoms with Crippen LogP contribution < -0.4 is 10.1 Å². The van der Waals surface area contributed by atoms with Crippen LogP contribution in [0.5, 0.6) is 5.75 Å². The molecule has 6 heterocycles. The highest BCUT2D eigenvalue weighted by Crippen LogP contribution is 2.44. The quantitative estimate of drug-likeness (QED) is 0.559. The number of carbonyl (C=O) groups is 1. The second kappa shape index (κ2) is 9.34. The zero-order valence-corrected chi connectivity index (χ0v) is 21.1. The summed E-state index contributed by atoms with van der Waals surface area (Å²) >= 11 is 0. The van der Waals surface area contributed by atoms with Gasteiger partial charge in [0.2, 0.25) is 5.91 Å². The molecule has 1 spiro atoms. The molecule has 0 bridgehead atoms. The minimum Gasteiger partial charge on any atom is -0.490 e. The molecule has 3 aromatic rings. The molecule has 3 aromatic heterocycles. The molecule has 2 fully saturated rings. The van der Waals surface area contributed by atoms with Crippen LogP contribution in [0.1, 0.15) is 37.4 Å². The van der Waals surface area contributed by atoms with Crippen molar-refractivity contribution in [2.45, 2.75) is 43.9 Å². The van der Waals surface area contributed by atoms with Gasteiger partial charge in [0.05, 0.1) is 36.3 Å². The lowest BCUT2D eigenvalue weighted by Crippen LogP contribution is -2.39. The smallest absolute Gasteiger partial charge is 0.222 e. The van der Waals surface area contributed by atoms with E-state index in [2.05, 4.69) is 10.3 Å². The van der Waals surface area contributed by atoms with E-state index in [4.69, 9.17) is 23.9 Å². The van der Waals surface area contributed by atoms with E-state index >= 15 is 4.39 Å². The van der Waals surface area contributed by atoms with Crippen molar-refractivity contribution in [2.24, 2.45) is 7.05 Å². The molecule has 37 heavy (non-hydrogen) atoms. The number of alkyl halides is 1. The maximum Gasteiger partial charge on any atom is 0.222 e. The summed E-state index contributed by atoms with van der Waals surface area (Å²) in [4.78, 5) is 21.1. The van der Waals surface area contributed by atoms with E-state index in [0.29, 0.717) is 76.0 Å². The van der Waals surface area contributed by atoms with Crippen LogP contribution in [-0.2, 0) is 38.1 Å². The van der Waals surface area contributed by atoms with Crippen molar-refractivity contribution in [1.29, 1.82) is 0 Å². The normalized spacial score (nSPS) is 22.8. The monoisotopic (exact) mass is 510 g/mol. The highest BCUT2D eigenvalue weighted by atomic mass is 19.1. The molecule has 3 aliphatic heterocycles. The molecule has 10 heteroatoms. The maximum absolute atomic E-state index is 15.5. The number of nitrogens with one attached hydrogen (secondary N) is 1. The Morgan fingerprint density at radius 1 is 1.19 bits per heavy atom. The van der Waals surface area contributed by atoms with Gasteiger partial charge in [0.15, 0.2) is 0 Å². The molecule has 9 nitrogen and oxygen atoms in total. The van der Waals surface area contributed by atoms with Gasteiger partial charge in [-0.05, 0) is 6.07 Å². The average Bonchev–Trinajstić information content (AvgIpc) is 3.48. The van der Waals surface area contributed by atoms with Gasteiger partial charge in [-0.2, -0.15) is 0 Å². The number of pyridine rings is 2. The third-order valence-corrected chi connectivity index (χ3v) is 7.56. The molecular formula is C27H31FN4O5. The number of amides is 1. The number of hydrogen-bond donors (Lipinski definition) is 1. The molecule has 0 saturated carbocycles. The SMILES string of the molecule is CC(=O)Nc1cc2c(-c3cc(OCC4(F)CCOCC4)c4c(n3)C3(CCOC3)OCC4)cn(C)c2cn1. The first-order valence-electron chi connectivity index (χ1n) is 12.7. The first kappa shape index (κ1) is 24.3. The number of fused-ring (bicyclic) bond motifs is 3. The highest BCUT2D eigenvalue weighted by Gasteiger charge is 2.45. The Morgan fingerprint density at radius 2 is 2.00 bits per heavy atom. The lowest BCUT2D eigenvalue weighted by atomic mass is 9.89. The van der Waals surface area contributed by atoms with Gasteiger partial charge in [0.1, 0.15) is 29.4 Å². The predicted octanol–water partition coefficient (Wildman–Crippen LogP) is 3.68. The molecule has 6 rings (SSSR count). The molecule has 0 radical (unpaired) electrons. The Labute approximate surface area is 214 Å². The summed E-state index contributed by atoms with van der Waals surface area (Å²) in [6.07, 6.45) is 5.68. The van der Waals surface area contributed by atoms with E-state index in [9.17, 15) is 4.79 Å². The van der Waals surface area contributed by atoms with Crippen LogP contribution >= 0.6 is 0 Å². The van der Waals surface area contributed by atoms with Crippen LogP contribution in [-0.4, -0.2) is 65.8 Å². The van der Waals surface area contributed by atoms with Gasteiger partial charge in [-0.25, -0.2) is 14.4 Å². The lowest BCUT2D eigenvalue weighted by molar-refractivity contribution is -0.114. The number of anilines is 1. The fourth-order valence-electron chi connectivity index (χ4n) is 5.52. The first-order valence-corrected chi connectivity index (χ1v) is 12.7. The second-order valence-corrected chi connectivity index (χ2v) is 10.2. The summed E-state index contributed by atoms with van der Waals surface area (Å²) < 4.78 is 41.1. The Hall–Kier alpha value is -3.08. The fraction of sp³-hybridized carbons (Fsp3) is 0.519. The zero-order valence-electron chi connectivity index (χ0n) is 21.1. The lowest BCUT2D eigenvalue weighted by Gasteiger charge is -2.35. The van der Waals surface area contributed by atoms with E-state index < -0.39 is 11.3 Å². The molecule has 1 unspecified atom stereocenters. The van der Waals surface area contributed by atoms with E-state index in [0.717, 1.165) is 27.7 Å².